The van der Waals surface area contributed by atoms with Crippen LogP contribution >= 0.6 is 23.2 Å². The molecule has 0 spiro atoms. The Bertz CT molecular complexity index is 801. The number of ether oxygens (including phenoxy) is 1. The monoisotopic (exact) mass is 375 g/mol. The largest absolute Gasteiger partial charge is 0.378 e. The standard InChI is InChI=1S/C19H19Cl2N3O/c1-13(15-7-6-14(20)12-17(15)21)23-18-5-3-2-4-16(18)19(22)24-8-10-25-11-9-24/h2-7,12,22-23H,1,8-11H2. The lowest BCUT2D eigenvalue weighted by Gasteiger charge is -2.30. The Labute approximate surface area is 157 Å². The van der Waals surface area contributed by atoms with Crippen LogP contribution in [-0.4, -0.2) is 37.0 Å². The maximum atomic E-state index is 8.54. The minimum atomic E-state index is 0.474. The molecule has 1 heterocycles. The SMILES string of the molecule is C=C(Nc1ccccc1C(=N)N1CCOCC1)c1ccc(Cl)cc1Cl. The summed E-state index contributed by atoms with van der Waals surface area (Å²) in [5.74, 6) is 0.474. The Morgan fingerprint density at radius 2 is 1.80 bits per heavy atom. The van der Waals surface area contributed by atoms with Crippen molar-refractivity contribution in [1.29, 1.82) is 5.41 Å². The molecule has 130 valence electrons. The molecule has 2 aromatic carbocycles. The van der Waals surface area contributed by atoms with Crippen molar-refractivity contribution >= 4 is 40.4 Å². The number of amidine groups is 1. The highest BCUT2D eigenvalue weighted by atomic mass is 35.5. The molecule has 6 heteroatoms. The van der Waals surface area contributed by atoms with Crippen LogP contribution in [0.1, 0.15) is 11.1 Å². The van der Waals surface area contributed by atoms with E-state index in [1.165, 1.54) is 0 Å². The van der Waals surface area contributed by atoms with Crippen LogP contribution in [-0.2, 0) is 4.74 Å². The summed E-state index contributed by atoms with van der Waals surface area (Å²) in [6.07, 6.45) is 0. The van der Waals surface area contributed by atoms with Crippen LogP contribution in [0.2, 0.25) is 10.0 Å². The van der Waals surface area contributed by atoms with Gasteiger partial charge < -0.3 is 15.0 Å². The first-order valence-electron chi connectivity index (χ1n) is 7.98. The number of morpholine rings is 1. The molecular weight excluding hydrogens is 357 g/mol. The summed E-state index contributed by atoms with van der Waals surface area (Å²) < 4.78 is 5.37. The van der Waals surface area contributed by atoms with Crippen LogP contribution in [0.3, 0.4) is 0 Å². The quantitative estimate of drug-likeness (QED) is 0.599. The van der Waals surface area contributed by atoms with Gasteiger partial charge in [0.25, 0.3) is 0 Å². The zero-order valence-electron chi connectivity index (χ0n) is 13.7. The lowest BCUT2D eigenvalue weighted by atomic mass is 10.1. The van der Waals surface area contributed by atoms with Crippen LogP contribution in [0.15, 0.2) is 49.0 Å². The first-order chi connectivity index (χ1) is 12.1. The number of nitrogens with one attached hydrogen (secondary N) is 2. The fraction of sp³-hybridized carbons (Fsp3) is 0.211. The molecule has 1 aliphatic rings. The highest BCUT2D eigenvalue weighted by Crippen LogP contribution is 2.28. The van der Waals surface area contributed by atoms with Crippen LogP contribution in [0.25, 0.3) is 5.70 Å². The fourth-order valence-electron chi connectivity index (χ4n) is 2.72. The molecular formula is C19H19Cl2N3O. The van der Waals surface area contributed by atoms with Crippen molar-refractivity contribution < 1.29 is 4.74 Å². The van der Waals surface area contributed by atoms with E-state index in [4.69, 9.17) is 33.3 Å². The van der Waals surface area contributed by atoms with E-state index in [2.05, 4.69) is 11.9 Å². The van der Waals surface area contributed by atoms with Crippen molar-refractivity contribution in [2.75, 3.05) is 31.6 Å². The molecule has 0 aliphatic carbocycles. The van der Waals surface area contributed by atoms with Gasteiger partial charge in [-0.05, 0) is 30.3 Å². The molecule has 0 bridgehead atoms. The van der Waals surface area contributed by atoms with Crippen LogP contribution in [0.5, 0.6) is 0 Å². The van der Waals surface area contributed by atoms with Crippen molar-refractivity contribution in [1.82, 2.24) is 4.90 Å². The van der Waals surface area contributed by atoms with Gasteiger partial charge in [-0.25, -0.2) is 0 Å². The molecule has 0 saturated carbocycles. The van der Waals surface area contributed by atoms with Crippen molar-refractivity contribution in [2.45, 2.75) is 0 Å². The highest BCUT2D eigenvalue weighted by Gasteiger charge is 2.18. The summed E-state index contributed by atoms with van der Waals surface area (Å²) in [5, 5.41) is 12.9. The molecule has 1 fully saturated rings. The molecule has 0 atom stereocenters. The van der Waals surface area contributed by atoms with Gasteiger partial charge in [0.2, 0.25) is 0 Å². The minimum Gasteiger partial charge on any atom is -0.378 e. The summed E-state index contributed by atoms with van der Waals surface area (Å²) >= 11 is 12.2. The third-order valence-electron chi connectivity index (χ3n) is 4.05. The molecule has 25 heavy (non-hydrogen) atoms. The smallest absolute Gasteiger partial charge is 0.130 e. The number of para-hydroxylation sites is 1. The number of hydrogen-bond acceptors (Lipinski definition) is 3. The molecule has 0 amide bonds. The summed E-state index contributed by atoms with van der Waals surface area (Å²) in [7, 11) is 0. The van der Waals surface area contributed by atoms with E-state index in [9.17, 15) is 0 Å². The summed E-state index contributed by atoms with van der Waals surface area (Å²) in [6.45, 7) is 6.81. The van der Waals surface area contributed by atoms with Gasteiger partial charge >= 0.3 is 0 Å². The Morgan fingerprint density at radius 1 is 1.08 bits per heavy atom. The summed E-state index contributed by atoms with van der Waals surface area (Å²) in [4.78, 5) is 2.02. The minimum absolute atomic E-state index is 0.474. The van der Waals surface area contributed by atoms with Crippen molar-refractivity contribution in [3.8, 4) is 0 Å². The molecule has 0 radical (unpaired) electrons. The van der Waals surface area contributed by atoms with Crippen molar-refractivity contribution in [2.24, 2.45) is 0 Å². The predicted molar refractivity (Wildman–Crippen MR) is 105 cm³/mol. The molecule has 0 unspecified atom stereocenters. The summed E-state index contributed by atoms with van der Waals surface area (Å²) in [5.41, 5.74) is 3.06. The molecule has 4 nitrogen and oxygen atoms in total. The highest BCUT2D eigenvalue weighted by molar-refractivity contribution is 6.35. The van der Waals surface area contributed by atoms with Crippen LogP contribution in [0.4, 0.5) is 5.69 Å². The maximum Gasteiger partial charge on any atom is 0.130 e. The summed E-state index contributed by atoms with van der Waals surface area (Å²) in [6, 6.07) is 13.0. The molecule has 3 rings (SSSR count). The van der Waals surface area contributed by atoms with Gasteiger partial charge in [-0.15, -0.1) is 0 Å². The molecule has 1 aliphatic heterocycles. The number of halogens is 2. The Kier molecular flexibility index (Phi) is 5.63. The third-order valence-corrected chi connectivity index (χ3v) is 4.60. The average molecular weight is 376 g/mol. The van der Waals surface area contributed by atoms with Gasteiger partial charge in [0, 0.05) is 40.6 Å². The second kappa shape index (κ2) is 7.91. The second-order valence-electron chi connectivity index (χ2n) is 5.72. The third kappa shape index (κ3) is 4.15. The first-order valence-corrected chi connectivity index (χ1v) is 8.74. The molecule has 2 aromatic rings. The fourth-order valence-corrected chi connectivity index (χ4v) is 3.24. The number of rotatable bonds is 4. The van der Waals surface area contributed by atoms with Gasteiger partial charge in [-0.3, -0.25) is 5.41 Å². The van der Waals surface area contributed by atoms with Gasteiger partial charge in [-0.1, -0.05) is 41.9 Å². The molecule has 2 N–H and O–H groups in total. The number of benzene rings is 2. The zero-order chi connectivity index (χ0) is 17.8. The molecule has 1 saturated heterocycles. The zero-order valence-corrected chi connectivity index (χ0v) is 15.2. The van der Waals surface area contributed by atoms with E-state index in [0.717, 1.165) is 29.9 Å². The lowest BCUT2D eigenvalue weighted by Crippen LogP contribution is -2.40. The Balaban J connectivity index is 1.83. The van der Waals surface area contributed by atoms with E-state index >= 15 is 0 Å². The average Bonchev–Trinajstić information content (AvgIpc) is 2.62. The normalized spacial score (nSPS) is 14.2. The topological polar surface area (TPSA) is 48.4 Å². The number of anilines is 1. The molecule has 0 aromatic heterocycles. The first kappa shape index (κ1) is 17.8. The van der Waals surface area contributed by atoms with E-state index in [1.807, 2.05) is 35.2 Å². The van der Waals surface area contributed by atoms with E-state index in [0.29, 0.717) is 34.8 Å². The van der Waals surface area contributed by atoms with Crippen LogP contribution < -0.4 is 5.32 Å². The Hall–Kier alpha value is -2.01. The van der Waals surface area contributed by atoms with E-state index < -0.39 is 0 Å². The lowest BCUT2D eigenvalue weighted by molar-refractivity contribution is 0.0680. The van der Waals surface area contributed by atoms with Crippen molar-refractivity contribution in [3.63, 3.8) is 0 Å². The maximum absolute atomic E-state index is 8.54. The van der Waals surface area contributed by atoms with Crippen molar-refractivity contribution in [3.05, 3.63) is 70.2 Å². The number of hydrogen-bond donors (Lipinski definition) is 2. The second-order valence-corrected chi connectivity index (χ2v) is 6.56. The number of nitrogens with zero attached hydrogens (tertiary/aromatic N) is 1. The van der Waals surface area contributed by atoms with E-state index in [-0.39, 0.29) is 0 Å². The van der Waals surface area contributed by atoms with E-state index in [1.54, 1.807) is 12.1 Å². The predicted octanol–water partition coefficient (Wildman–Crippen LogP) is 4.73. The van der Waals surface area contributed by atoms with Crippen LogP contribution in [0, 0.1) is 5.41 Å². The Morgan fingerprint density at radius 3 is 2.52 bits per heavy atom. The van der Waals surface area contributed by atoms with Gasteiger partial charge in [0.1, 0.15) is 5.84 Å². The van der Waals surface area contributed by atoms with Gasteiger partial charge in [0.05, 0.1) is 18.2 Å². The van der Waals surface area contributed by atoms with Gasteiger partial charge in [0.15, 0.2) is 0 Å². The van der Waals surface area contributed by atoms with Gasteiger partial charge in [-0.2, -0.15) is 0 Å².